The van der Waals surface area contributed by atoms with Crippen LogP contribution in [0.15, 0.2) is 243 Å². The van der Waals surface area contributed by atoms with Crippen molar-refractivity contribution in [1.29, 1.82) is 0 Å². The summed E-state index contributed by atoms with van der Waals surface area (Å²) in [4.78, 5) is 5.03. The Hall–Kier alpha value is -8.72. The Labute approximate surface area is 421 Å². The molecule has 2 heteroatoms. The third kappa shape index (κ3) is 6.09. The number of anilines is 6. The molecule has 0 fully saturated rings. The van der Waals surface area contributed by atoms with Crippen molar-refractivity contribution < 1.29 is 0 Å². The lowest BCUT2D eigenvalue weighted by molar-refractivity contribution is 0.632. The van der Waals surface area contributed by atoms with Crippen LogP contribution in [0.5, 0.6) is 0 Å². The molecule has 0 saturated carbocycles. The van der Waals surface area contributed by atoms with Crippen LogP contribution < -0.4 is 9.80 Å². The summed E-state index contributed by atoms with van der Waals surface area (Å²) in [6.07, 6.45) is 0. The van der Waals surface area contributed by atoms with Crippen LogP contribution in [-0.2, 0) is 10.8 Å². The van der Waals surface area contributed by atoms with Crippen molar-refractivity contribution in [3.05, 3.63) is 265 Å². The van der Waals surface area contributed by atoms with E-state index in [0.29, 0.717) is 0 Å². The van der Waals surface area contributed by atoms with Gasteiger partial charge in [-0.05, 0) is 136 Å². The van der Waals surface area contributed by atoms with Gasteiger partial charge in [-0.25, -0.2) is 0 Å². The van der Waals surface area contributed by atoms with Gasteiger partial charge < -0.3 is 9.80 Å². The van der Waals surface area contributed by atoms with Gasteiger partial charge in [-0.2, -0.15) is 0 Å². The second kappa shape index (κ2) is 15.9. The van der Waals surface area contributed by atoms with Crippen LogP contribution in [0.4, 0.5) is 34.1 Å². The third-order valence-corrected chi connectivity index (χ3v) is 16.2. The zero-order valence-corrected chi connectivity index (χ0v) is 41.0. The molecular weight excluding hydrogens is 869 g/mol. The normalized spacial score (nSPS) is 14.3. The van der Waals surface area contributed by atoms with Crippen molar-refractivity contribution in [3.8, 4) is 33.4 Å². The van der Waals surface area contributed by atoms with Crippen LogP contribution in [0.1, 0.15) is 49.9 Å². The van der Waals surface area contributed by atoms with Gasteiger partial charge in [-0.1, -0.05) is 222 Å². The lowest BCUT2D eigenvalue weighted by Crippen LogP contribution is -2.31. The van der Waals surface area contributed by atoms with E-state index in [1.165, 1.54) is 121 Å². The van der Waals surface area contributed by atoms with E-state index in [-0.39, 0.29) is 10.8 Å². The van der Waals surface area contributed by atoms with Gasteiger partial charge in [0.1, 0.15) is 0 Å². The van der Waals surface area contributed by atoms with Crippen molar-refractivity contribution in [2.75, 3.05) is 9.80 Å². The van der Waals surface area contributed by atoms with Crippen molar-refractivity contribution in [1.82, 2.24) is 0 Å². The SMILES string of the molecule is CC1(C)c2ccccc2N(c2ccccc2)c2c(-c3cccc4c(-c5cc6ccccc6c6ccccc56)c5cccc(-c6cccc7c6N(c6ccccc6)c6ccccc6C7(C)C)c5cc34)cccc21. The van der Waals surface area contributed by atoms with Crippen LogP contribution in [0.3, 0.4) is 0 Å². The highest BCUT2D eigenvalue weighted by Gasteiger charge is 2.40. The lowest BCUT2D eigenvalue weighted by atomic mass is 9.72. The van der Waals surface area contributed by atoms with Crippen LogP contribution in [0.25, 0.3) is 76.5 Å². The topological polar surface area (TPSA) is 6.48 Å². The summed E-state index contributed by atoms with van der Waals surface area (Å²) in [5.74, 6) is 0. The van der Waals surface area contributed by atoms with E-state index in [4.69, 9.17) is 0 Å². The monoisotopic (exact) mass is 920 g/mol. The molecule has 0 unspecified atom stereocenters. The predicted octanol–water partition coefficient (Wildman–Crippen LogP) is 19.5. The highest BCUT2D eigenvalue weighted by atomic mass is 15.2. The number of rotatable bonds is 5. The van der Waals surface area contributed by atoms with Gasteiger partial charge in [0.15, 0.2) is 0 Å². The molecule has 0 aliphatic carbocycles. The Morgan fingerprint density at radius 2 is 0.653 bits per heavy atom. The molecule has 12 aromatic carbocycles. The summed E-state index contributed by atoms with van der Waals surface area (Å²) in [7, 11) is 0. The minimum Gasteiger partial charge on any atom is -0.309 e. The maximum Gasteiger partial charge on any atom is 0.0581 e. The second-order valence-electron chi connectivity index (χ2n) is 20.8. The Balaban J connectivity index is 1.13. The summed E-state index contributed by atoms with van der Waals surface area (Å²) in [6.45, 7) is 9.56. The van der Waals surface area contributed by atoms with E-state index in [0.717, 1.165) is 11.4 Å². The van der Waals surface area contributed by atoms with Gasteiger partial charge >= 0.3 is 0 Å². The Kier molecular flexibility index (Phi) is 9.32. The first-order valence-electron chi connectivity index (χ1n) is 25.4. The molecular formula is C70H52N2. The number of nitrogens with zero attached hydrogens (tertiary/aromatic N) is 2. The van der Waals surface area contributed by atoms with Gasteiger partial charge in [-0.3, -0.25) is 0 Å². The summed E-state index contributed by atoms with van der Waals surface area (Å²) in [5, 5.41) is 9.91. The molecule has 0 saturated heterocycles. The molecule has 0 spiro atoms. The zero-order chi connectivity index (χ0) is 48.3. The lowest BCUT2D eigenvalue weighted by Gasteiger charge is -2.43. The Bertz CT molecular complexity index is 3960. The first kappa shape index (κ1) is 42.2. The number of hydrogen-bond acceptors (Lipinski definition) is 2. The van der Waals surface area contributed by atoms with E-state index in [1.54, 1.807) is 0 Å². The maximum absolute atomic E-state index is 2.53. The van der Waals surface area contributed by atoms with Gasteiger partial charge in [0, 0.05) is 33.3 Å². The summed E-state index contributed by atoms with van der Waals surface area (Å²) in [6, 6.07) is 90.8. The van der Waals surface area contributed by atoms with Gasteiger partial charge in [0.25, 0.3) is 0 Å². The molecule has 0 amide bonds. The van der Waals surface area contributed by atoms with E-state index >= 15 is 0 Å². The van der Waals surface area contributed by atoms with Crippen LogP contribution in [0.2, 0.25) is 0 Å². The molecule has 2 nitrogen and oxygen atoms in total. The van der Waals surface area contributed by atoms with Crippen molar-refractivity contribution in [2.24, 2.45) is 0 Å². The Morgan fingerprint density at radius 3 is 1.18 bits per heavy atom. The van der Waals surface area contributed by atoms with E-state index in [9.17, 15) is 0 Å². The Morgan fingerprint density at radius 1 is 0.264 bits per heavy atom. The quantitative estimate of drug-likeness (QED) is 0.125. The molecule has 0 bridgehead atoms. The van der Waals surface area contributed by atoms with Gasteiger partial charge in [0.05, 0.1) is 22.7 Å². The van der Waals surface area contributed by atoms with Crippen molar-refractivity contribution in [2.45, 2.75) is 38.5 Å². The maximum atomic E-state index is 2.53. The summed E-state index contributed by atoms with van der Waals surface area (Å²) >= 11 is 0. The number of para-hydroxylation sites is 6. The first-order valence-corrected chi connectivity index (χ1v) is 25.4. The second-order valence-corrected chi connectivity index (χ2v) is 20.8. The van der Waals surface area contributed by atoms with Crippen LogP contribution in [-0.4, -0.2) is 0 Å². The minimum atomic E-state index is -0.254. The molecule has 0 radical (unpaired) electrons. The molecule has 342 valence electrons. The zero-order valence-electron chi connectivity index (χ0n) is 41.0. The smallest absolute Gasteiger partial charge is 0.0581 e. The molecule has 14 rings (SSSR count). The number of hydrogen-bond donors (Lipinski definition) is 0. The fourth-order valence-corrected chi connectivity index (χ4v) is 12.8. The fourth-order valence-electron chi connectivity index (χ4n) is 12.8. The van der Waals surface area contributed by atoms with Crippen molar-refractivity contribution in [3.63, 3.8) is 0 Å². The molecule has 0 N–H and O–H groups in total. The highest BCUT2D eigenvalue weighted by Crippen LogP contribution is 2.58. The largest absolute Gasteiger partial charge is 0.309 e. The summed E-state index contributed by atoms with van der Waals surface area (Å²) < 4.78 is 0. The van der Waals surface area contributed by atoms with Crippen LogP contribution >= 0.6 is 0 Å². The molecule has 12 aromatic rings. The fraction of sp³-hybridized carbons (Fsp3) is 0.0857. The average Bonchev–Trinajstić information content (AvgIpc) is 3.42. The van der Waals surface area contributed by atoms with E-state index in [1.807, 2.05) is 0 Å². The number of benzene rings is 12. The van der Waals surface area contributed by atoms with Gasteiger partial charge in [-0.15, -0.1) is 0 Å². The molecule has 0 atom stereocenters. The van der Waals surface area contributed by atoms with Crippen LogP contribution in [0, 0.1) is 0 Å². The molecule has 2 aliphatic heterocycles. The molecule has 2 aliphatic rings. The minimum absolute atomic E-state index is 0.254. The molecule has 0 aromatic heterocycles. The number of fused-ring (bicyclic) bond motifs is 9. The summed E-state index contributed by atoms with van der Waals surface area (Å²) in [5.41, 5.74) is 19.2. The van der Waals surface area contributed by atoms with E-state index < -0.39 is 0 Å². The highest BCUT2D eigenvalue weighted by molar-refractivity contribution is 6.25. The first-order chi connectivity index (χ1) is 35.3. The standard InChI is InChI=1S/C70H52N2/c1-69(2)60-37-15-17-41-64(60)71(46-24-7-5-8-25-46)67-55(35-21-39-62(67)69)51-31-19-33-53-57(51)44-58-52(32-20-34-54(58)66(53)59-43-45-23-11-12-28-48(45)49-29-13-14-30-50(49)59)56-36-22-40-63-68(56)72(47-26-9-6-10-27-47)65-42-18-16-38-61(65)70(63,3)4/h5-44H,1-4H3. The molecule has 72 heavy (non-hydrogen) atoms. The van der Waals surface area contributed by atoms with Crippen molar-refractivity contribution >= 4 is 77.2 Å². The third-order valence-electron chi connectivity index (χ3n) is 16.2. The van der Waals surface area contributed by atoms with E-state index in [2.05, 4.69) is 280 Å². The average molecular weight is 921 g/mol. The molecule has 2 heterocycles. The van der Waals surface area contributed by atoms with Gasteiger partial charge in [0.2, 0.25) is 0 Å². The predicted molar refractivity (Wildman–Crippen MR) is 306 cm³/mol.